The first-order chi connectivity index (χ1) is 15.7. The minimum absolute atomic E-state index is 0.201. The van der Waals surface area contributed by atoms with Crippen molar-refractivity contribution >= 4 is 35.5 Å². The van der Waals surface area contributed by atoms with Crippen molar-refractivity contribution in [3.8, 4) is 17.2 Å². The summed E-state index contributed by atoms with van der Waals surface area (Å²) in [7, 11) is 2.94. The molecule has 0 spiro atoms. The van der Waals surface area contributed by atoms with E-state index in [4.69, 9.17) is 36.3 Å². The van der Waals surface area contributed by atoms with E-state index in [0.29, 0.717) is 34.8 Å². The summed E-state index contributed by atoms with van der Waals surface area (Å²) in [6, 6.07) is 3.34. The van der Waals surface area contributed by atoms with Crippen LogP contribution in [0.4, 0.5) is 0 Å². The molecular formula is C24H27ClN2O6. The molecule has 2 atom stereocenters. The molecule has 4 bridgehead atoms. The molecule has 4 aliphatic carbocycles. The Kier molecular flexibility index (Phi) is 5.31. The van der Waals surface area contributed by atoms with E-state index in [0.717, 1.165) is 32.1 Å². The van der Waals surface area contributed by atoms with E-state index >= 15 is 0 Å². The Labute approximate surface area is 197 Å². The number of alkyl halides is 1. The zero-order valence-corrected chi connectivity index (χ0v) is 19.4. The number of hydrogen-bond acceptors (Lipinski definition) is 7. The maximum Gasteiger partial charge on any atom is 0.363 e. The molecule has 9 heteroatoms. The molecule has 33 heavy (non-hydrogen) atoms. The Balaban J connectivity index is 1.46. The molecule has 4 fully saturated rings. The first-order valence-corrected chi connectivity index (χ1v) is 11.5. The van der Waals surface area contributed by atoms with Crippen molar-refractivity contribution in [3.05, 3.63) is 23.4 Å². The molecule has 4 saturated carbocycles. The molecule has 0 aromatic heterocycles. The minimum atomic E-state index is -0.621. The molecule has 2 N–H and O–H groups in total. The second-order valence-electron chi connectivity index (χ2n) is 9.74. The van der Waals surface area contributed by atoms with Crippen LogP contribution >= 0.6 is 11.6 Å². The zero-order chi connectivity index (χ0) is 23.4. The van der Waals surface area contributed by atoms with E-state index in [-0.39, 0.29) is 28.3 Å². The molecule has 176 valence electrons. The highest BCUT2D eigenvalue weighted by molar-refractivity contribution is 6.24. The number of primary amides is 1. The lowest BCUT2D eigenvalue weighted by Gasteiger charge is -2.59. The number of nitrogens with zero attached hydrogens (tertiary/aromatic N) is 1. The summed E-state index contributed by atoms with van der Waals surface area (Å²) in [5.41, 5.74) is 5.76. The molecule has 1 aliphatic heterocycles. The van der Waals surface area contributed by atoms with Gasteiger partial charge >= 0.3 is 5.97 Å². The lowest BCUT2D eigenvalue weighted by molar-refractivity contribution is -0.131. The molecule has 1 aromatic carbocycles. The smallest absolute Gasteiger partial charge is 0.363 e. The molecule has 1 heterocycles. The molecule has 0 saturated heterocycles. The van der Waals surface area contributed by atoms with Crippen LogP contribution in [0.3, 0.4) is 0 Å². The van der Waals surface area contributed by atoms with E-state index in [1.807, 2.05) is 0 Å². The van der Waals surface area contributed by atoms with Crippen molar-refractivity contribution in [1.29, 1.82) is 0 Å². The van der Waals surface area contributed by atoms with Gasteiger partial charge in [0.05, 0.1) is 14.2 Å². The maximum absolute atomic E-state index is 12.7. The number of amides is 1. The Bertz CT molecular complexity index is 1040. The summed E-state index contributed by atoms with van der Waals surface area (Å²) in [5.74, 6) is 1.48. The number of hydrogen-bond donors (Lipinski definition) is 1. The van der Waals surface area contributed by atoms with E-state index in [9.17, 15) is 9.59 Å². The number of ether oxygens (including phenoxy) is 4. The number of esters is 1. The Hall–Kier alpha value is -2.74. The summed E-state index contributed by atoms with van der Waals surface area (Å²) in [6.45, 7) is -0.320. The molecule has 5 aliphatic rings. The normalized spacial score (nSPS) is 33.1. The number of halogens is 1. The van der Waals surface area contributed by atoms with Crippen LogP contribution in [0.1, 0.15) is 44.1 Å². The zero-order valence-electron chi connectivity index (χ0n) is 18.7. The van der Waals surface area contributed by atoms with Crippen molar-refractivity contribution < 1.29 is 28.5 Å². The predicted octanol–water partition coefficient (Wildman–Crippen LogP) is 3.44. The van der Waals surface area contributed by atoms with Crippen molar-refractivity contribution in [2.75, 3.05) is 20.8 Å². The lowest BCUT2D eigenvalue weighted by atomic mass is 9.49. The summed E-state index contributed by atoms with van der Waals surface area (Å²) in [4.78, 5) is 28.3. The monoisotopic (exact) mass is 474 g/mol. The van der Waals surface area contributed by atoms with Gasteiger partial charge in [-0.15, -0.1) is 11.6 Å². The number of methoxy groups -OCH3 is 2. The van der Waals surface area contributed by atoms with E-state index < -0.39 is 11.9 Å². The average molecular weight is 475 g/mol. The van der Waals surface area contributed by atoms with Gasteiger partial charge in [-0.25, -0.2) is 9.79 Å². The summed E-state index contributed by atoms with van der Waals surface area (Å²) < 4.78 is 22.0. The van der Waals surface area contributed by atoms with Gasteiger partial charge in [0.2, 0.25) is 11.6 Å². The maximum atomic E-state index is 12.7. The number of aliphatic imine (C=N–C) groups is 1. The average Bonchev–Trinajstić information content (AvgIpc) is 3.11. The third kappa shape index (κ3) is 3.94. The van der Waals surface area contributed by atoms with Gasteiger partial charge in [-0.3, -0.25) is 4.79 Å². The van der Waals surface area contributed by atoms with Crippen LogP contribution in [0.15, 0.2) is 22.8 Å². The topological polar surface area (TPSA) is 109 Å². The van der Waals surface area contributed by atoms with E-state index in [1.165, 1.54) is 20.6 Å². The van der Waals surface area contributed by atoms with Gasteiger partial charge in [0.1, 0.15) is 0 Å². The van der Waals surface area contributed by atoms with Crippen molar-refractivity contribution in [1.82, 2.24) is 0 Å². The van der Waals surface area contributed by atoms with Gasteiger partial charge in [0, 0.05) is 10.3 Å². The Morgan fingerprint density at radius 3 is 2.39 bits per heavy atom. The first kappa shape index (κ1) is 22.1. The third-order valence-corrected chi connectivity index (χ3v) is 7.65. The molecule has 2 unspecified atom stereocenters. The van der Waals surface area contributed by atoms with Crippen molar-refractivity contribution in [2.24, 2.45) is 28.0 Å². The van der Waals surface area contributed by atoms with Gasteiger partial charge in [-0.2, -0.15) is 0 Å². The van der Waals surface area contributed by atoms with Crippen LogP contribution in [0.5, 0.6) is 17.2 Å². The fourth-order valence-corrected chi connectivity index (χ4v) is 7.16. The van der Waals surface area contributed by atoms with Crippen molar-refractivity contribution in [3.63, 3.8) is 0 Å². The van der Waals surface area contributed by atoms with Crippen molar-refractivity contribution in [2.45, 2.75) is 43.4 Å². The molecule has 8 nitrogen and oxygen atoms in total. The molecule has 0 radical (unpaired) electrons. The summed E-state index contributed by atoms with van der Waals surface area (Å²) >= 11 is 6.95. The minimum Gasteiger partial charge on any atom is -0.493 e. The summed E-state index contributed by atoms with van der Waals surface area (Å²) in [6.07, 6.45) is 7.69. The van der Waals surface area contributed by atoms with E-state index in [2.05, 4.69) is 4.99 Å². The van der Waals surface area contributed by atoms with Gasteiger partial charge in [-0.1, -0.05) is 0 Å². The number of cyclic esters (lactones) is 1. The van der Waals surface area contributed by atoms with Crippen LogP contribution in [0, 0.1) is 17.3 Å². The molecular weight excluding hydrogens is 448 g/mol. The van der Waals surface area contributed by atoms with Crippen LogP contribution in [0.25, 0.3) is 6.08 Å². The number of carbonyl (C=O) groups is 2. The van der Waals surface area contributed by atoms with Crippen LogP contribution in [0.2, 0.25) is 0 Å². The third-order valence-electron chi connectivity index (χ3n) is 7.21. The second-order valence-corrected chi connectivity index (χ2v) is 10.5. The van der Waals surface area contributed by atoms with E-state index in [1.54, 1.807) is 18.2 Å². The largest absolute Gasteiger partial charge is 0.493 e. The first-order valence-electron chi connectivity index (χ1n) is 11.1. The molecule has 1 aromatic rings. The number of carbonyl (C=O) groups excluding carboxylic acids is 2. The highest BCUT2D eigenvalue weighted by Crippen LogP contribution is 2.64. The van der Waals surface area contributed by atoms with Gasteiger partial charge in [-0.05, 0) is 74.1 Å². The van der Waals surface area contributed by atoms with Gasteiger partial charge < -0.3 is 24.7 Å². The van der Waals surface area contributed by atoms with Crippen LogP contribution in [-0.2, 0) is 14.3 Å². The Morgan fingerprint density at radius 2 is 1.85 bits per heavy atom. The summed E-state index contributed by atoms with van der Waals surface area (Å²) in [5, 5.41) is 0. The molecule has 6 rings (SSSR count). The van der Waals surface area contributed by atoms with Gasteiger partial charge in [0.15, 0.2) is 23.8 Å². The highest BCUT2D eigenvalue weighted by atomic mass is 35.5. The fraction of sp³-hybridized carbons (Fsp3) is 0.542. The molecule has 1 amide bonds. The highest BCUT2D eigenvalue weighted by Gasteiger charge is 2.60. The standard InChI is InChI=1S/C24H27ClN2O6/c1-30-17-5-13(6-18(31-2)20(17)32-11-19(26)28)4-16-21(29)33-22(27-16)23-7-14-3-15(8-23)10-24(25,9-14)12-23/h4-6,14-15H,3,7-12H2,1-2H3,(H2,26,28)/b16-4-. The predicted molar refractivity (Wildman–Crippen MR) is 121 cm³/mol. The van der Waals surface area contributed by atoms with Gasteiger partial charge in [0.25, 0.3) is 5.91 Å². The van der Waals surface area contributed by atoms with Crippen LogP contribution in [-0.4, -0.2) is 43.5 Å². The quantitative estimate of drug-likeness (QED) is 0.368. The number of rotatable bonds is 7. The SMILES string of the molecule is COc1cc(/C=C2\N=C(C34CC5CC(CC(Cl)(C5)C3)C4)OC2=O)cc(OC)c1OCC(N)=O. The number of benzene rings is 1. The lowest BCUT2D eigenvalue weighted by Crippen LogP contribution is -2.56. The Morgan fingerprint density at radius 1 is 1.21 bits per heavy atom. The fourth-order valence-electron chi connectivity index (χ4n) is 6.46. The van der Waals surface area contributed by atoms with Crippen LogP contribution < -0.4 is 19.9 Å². The number of nitrogens with two attached hydrogens (primary N) is 1. The second kappa shape index (κ2) is 7.94.